The van der Waals surface area contributed by atoms with E-state index in [1.54, 1.807) is 10.4 Å². The van der Waals surface area contributed by atoms with E-state index in [0.29, 0.717) is 32.2 Å². The molecule has 0 unspecified atom stereocenters. The number of carbonyl (C=O) groups is 3. The molecular weight excluding hydrogens is 382 g/mol. The van der Waals surface area contributed by atoms with Gasteiger partial charge in [0.15, 0.2) is 0 Å². The molecule has 1 fully saturated rings. The molecule has 2 rings (SSSR count). The zero-order valence-corrected chi connectivity index (χ0v) is 18.3. The van der Waals surface area contributed by atoms with Gasteiger partial charge in [0.2, 0.25) is 17.7 Å². The molecule has 3 N–H and O–H groups in total. The molecule has 0 aromatic heterocycles. The van der Waals surface area contributed by atoms with Gasteiger partial charge in [-0.3, -0.25) is 19.6 Å². The Labute approximate surface area is 179 Å². The Hall–Kier alpha value is -2.41. The number of rotatable bonds is 9. The molecule has 0 spiro atoms. The largest absolute Gasteiger partial charge is 0.344 e. The fourth-order valence-electron chi connectivity index (χ4n) is 4.19. The maximum Gasteiger partial charge on any atom is 0.249 e. The molecule has 1 saturated heterocycles. The van der Waals surface area contributed by atoms with Crippen molar-refractivity contribution in [1.29, 1.82) is 0 Å². The average molecular weight is 418 g/mol. The summed E-state index contributed by atoms with van der Waals surface area (Å²) in [5, 5.41) is 12.1. The van der Waals surface area contributed by atoms with Crippen molar-refractivity contribution in [3.63, 3.8) is 0 Å². The van der Waals surface area contributed by atoms with Crippen molar-refractivity contribution in [2.75, 3.05) is 11.4 Å². The lowest BCUT2D eigenvalue weighted by Gasteiger charge is -2.29. The van der Waals surface area contributed by atoms with Crippen molar-refractivity contribution in [1.82, 2.24) is 10.8 Å². The van der Waals surface area contributed by atoms with E-state index < -0.39 is 23.8 Å². The lowest BCUT2D eigenvalue weighted by Crippen LogP contribution is -2.51. The molecule has 7 heteroatoms. The van der Waals surface area contributed by atoms with Crippen molar-refractivity contribution in [2.45, 2.75) is 65.3 Å². The first-order chi connectivity index (χ1) is 14.4. The van der Waals surface area contributed by atoms with Gasteiger partial charge in [0.25, 0.3) is 0 Å². The zero-order valence-electron chi connectivity index (χ0n) is 18.3. The Kier molecular flexibility index (Phi) is 9.30. The fraction of sp³-hybridized carbons (Fsp3) is 0.609. The molecule has 3 atom stereocenters. The third-order valence-corrected chi connectivity index (χ3v) is 5.67. The standard InChI is InChI=1S/C23H35N3O4/c1-4-10-18(22(28)25-30)19(15-16(2)3)21(27)24-20-13-8-9-14-26(23(20)29)17-11-6-5-7-12-17/h5-7,11-12,16,18-20,30H,4,8-10,13-15H2,1-3H3,(H,24,27)(H,25,28)/t18-,19+,20-/m0/s1. The van der Waals surface area contributed by atoms with Crippen molar-refractivity contribution < 1.29 is 19.6 Å². The quantitative estimate of drug-likeness (QED) is 0.424. The summed E-state index contributed by atoms with van der Waals surface area (Å²) in [5.41, 5.74) is 2.54. The van der Waals surface area contributed by atoms with E-state index in [0.717, 1.165) is 18.5 Å². The SMILES string of the molecule is CCC[C@H](C(=O)NO)[C@@H](CC(C)C)C(=O)N[C@H]1CCCCN(c2ccccc2)C1=O. The van der Waals surface area contributed by atoms with Crippen LogP contribution in [0.25, 0.3) is 0 Å². The molecule has 30 heavy (non-hydrogen) atoms. The summed E-state index contributed by atoms with van der Waals surface area (Å²) in [4.78, 5) is 40.4. The normalized spacial score (nSPS) is 19.2. The van der Waals surface area contributed by atoms with Gasteiger partial charge in [-0.05, 0) is 50.2 Å². The molecule has 0 aliphatic carbocycles. The maximum atomic E-state index is 13.2. The van der Waals surface area contributed by atoms with Gasteiger partial charge in [-0.15, -0.1) is 0 Å². The van der Waals surface area contributed by atoms with Crippen molar-refractivity contribution in [2.24, 2.45) is 17.8 Å². The molecule has 1 heterocycles. The Morgan fingerprint density at radius 2 is 1.83 bits per heavy atom. The van der Waals surface area contributed by atoms with Crippen LogP contribution < -0.4 is 15.7 Å². The molecule has 0 bridgehead atoms. The summed E-state index contributed by atoms with van der Waals surface area (Å²) in [6, 6.07) is 8.86. The first-order valence-corrected chi connectivity index (χ1v) is 11.0. The Morgan fingerprint density at radius 1 is 1.13 bits per heavy atom. The molecular formula is C23H35N3O4. The van der Waals surface area contributed by atoms with Crippen molar-refractivity contribution in [3.8, 4) is 0 Å². The van der Waals surface area contributed by atoms with E-state index in [4.69, 9.17) is 5.21 Å². The highest BCUT2D eigenvalue weighted by Gasteiger charge is 2.36. The van der Waals surface area contributed by atoms with Gasteiger partial charge in [-0.25, -0.2) is 5.48 Å². The highest BCUT2D eigenvalue weighted by molar-refractivity contribution is 6.00. The third-order valence-electron chi connectivity index (χ3n) is 5.67. The second kappa shape index (κ2) is 11.7. The summed E-state index contributed by atoms with van der Waals surface area (Å²) < 4.78 is 0. The minimum Gasteiger partial charge on any atom is -0.344 e. The topological polar surface area (TPSA) is 98.7 Å². The lowest BCUT2D eigenvalue weighted by molar-refractivity contribution is -0.141. The number of hydroxylamine groups is 1. The predicted molar refractivity (Wildman–Crippen MR) is 116 cm³/mol. The molecule has 1 aromatic carbocycles. The first-order valence-electron chi connectivity index (χ1n) is 11.0. The number of para-hydroxylation sites is 1. The second-order valence-corrected chi connectivity index (χ2v) is 8.49. The molecule has 0 radical (unpaired) electrons. The summed E-state index contributed by atoms with van der Waals surface area (Å²) in [6.07, 6.45) is 3.99. The van der Waals surface area contributed by atoms with Crippen molar-refractivity contribution >= 4 is 23.4 Å². The number of hydrogen-bond acceptors (Lipinski definition) is 4. The minimum atomic E-state index is -0.631. The van der Waals surface area contributed by atoms with Crippen LogP contribution in [0.4, 0.5) is 5.69 Å². The lowest BCUT2D eigenvalue weighted by atomic mass is 9.81. The number of benzene rings is 1. The van der Waals surface area contributed by atoms with E-state index in [-0.39, 0.29) is 17.7 Å². The number of nitrogens with one attached hydrogen (secondary N) is 2. The molecule has 166 valence electrons. The first kappa shape index (κ1) is 23.9. The van der Waals surface area contributed by atoms with E-state index >= 15 is 0 Å². The van der Waals surface area contributed by atoms with E-state index in [1.807, 2.05) is 51.1 Å². The minimum absolute atomic E-state index is 0.117. The highest BCUT2D eigenvalue weighted by atomic mass is 16.5. The molecule has 3 amide bonds. The Bertz CT molecular complexity index is 708. The Morgan fingerprint density at radius 3 is 2.43 bits per heavy atom. The van der Waals surface area contributed by atoms with E-state index in [9.17, 15) is 14.4 Å². The van der Waals surface area contributed by atoms with Crippen LogP contribution in [-0.4, -0.2) is 35.5 Å². The van der Waals surface area contributed by atoms with Gasteiger partial charge >= 0.3 is 0 Å². The zero-order chi connectivity index (χ0) is 22.1. The average Bonchev–Trinajstić information content (AvgIpc) is 2.92. The predicted octanol–water partition coefficient (Wildman–Crippen LogP) is 3.27. The molecule has 1 aliphatic heterocycles. The van der Waals surface area contributed by atoms with Crippen LogP contribution in [0, 0.1) is 17.8 Å². The molecule has 0 saturated carbocycles. The van der Waals surface area contributed by atoms with Gasteiger partial charge in [-0.1, -0.05) is 45.4 Å². The highest BCUT2D eigenvalue weighted by Crippen LogP contribution is 2.27. The number of amides is 3. The van der Waals surface area contributed by atoms with Gasteiger partial charge in [-0.2, -0.15) is 0 Å². The Balaban J connectivity index is 2.21. The van der Waals surface area contributed by atoms with Gasteiger partial charge in [0, 0.05) is 18.2 Å². The monoisotopic (exact) mass is 417 g/mol. The van der Waals surface area contributed by atoms with Crippen molar-refractivity contribution in [3.05, 3.63) is 30.3 Å². The third kappa shape index (κ3) is 6.29. The van der Waals surface area contributed by atoms with Crippen LogP contribution >= 0.6 is 0 Å². The number of nitrogens with zero attached hydrogens (tertiary/aromatic N) is 1. The van der Waals surface area contributed by atoms with Crippen LogP contribution in [0.5, 0.6) is 0 Å². The molecule has 1 aliphatic rings. The van der Waals surface area contributed by atoms with Gasteiger partial charge in [0.1, 0.15) is 6.04 Å². The number of carbonyl (C=O) groups excluding carboxylic acids is 3. The summed E-state index contributed by atoms with van der Waals surface area (Å²) in [5.74, 6) is -1.99. The van der Waals surface area contributed by atoms with Crippen LogP contribution in [0.3, 0.4) is 0 Å². The summed E-state index contributed by atoms with van der Waals surface area (Å²) in [7, 11) is 0. The van der Waals surface area contributed by atoms with Crippen LogP contribution in [0.1, 0.15) is 59.3 Å². The number of hydrogen-bond donors (Lipinski definition) is 3. The summed E-state index contributed by atoms with van der Waals surface area (Å²) >= 11 is 0. The van der Waals surface area contributed by atoms with Gasteiger partial charge in [0.05, 0.1) is 5.92 Å². The van der Waals surface area contributed by atoms with E-state index in [1.165, 1.54) is 0 Å². The van der Waals surface area contributed by atoms with Crippen LogP contribution in [-0.2, 0) is 14.4 Å². The van der Waals surface area contributed by atoms with Crippen LogP contribution in [0.15, 0.2) is 30.3 Å². The summed E-state index contributed by atoms with van der Waals surface area (Å²) in [6.45, 7) is 6.55. The maximum absolute atomic E-state index is 13.2. The smallest absolute Gasteiger partial charge is 0.249 e. The number of anilines is 1. The molecule has 1 aromatic rings. The molecule has 7 nitrogen and oxygen atoms in total. The fourth-order valence-corrected chi connectivity index (χ4v) is 4.19. The van der Waals surface area contributed by atoms with Crippen LogP contribution in [0.2, 0.25) is 0 Å². The van der Waals surface area contributed by atoms with Gasteiger partial charge < -0.3 is 10.2 Å². The van der Waals surface area contributed by atoms with E-state index in [2.05, 4.69) is 5.32 Å². The second-order valence-electron chi connectivity index (χ2n) is 8.49.